The second kappa shape index (κ2) is 4.98. The van der Waals surface area contributed by atoms with Crippen molar-refractivity contribution in [2.24, 2.45) is 0 Å². The van der Waals surface area contributed by atoms with Crippen molar-refractivity contribution in [3.63, 3.8) is 0 Å². The summed E-state index contributed by atoms with van der Waals surface area (Å²) >= 11 is 5.72. The lowest BCUT2D eigenvalue weighted by Crippen LogP contribution is -2.28. The smallest absolute Gasteiger partial charge is 0.248 e. The van der Waals surface area contributed by atoms with Crippen molar-refractivity contribution in [1.82, 2.24) is 4.90 Å². The van der Waals surface area contributed by atoms with Crippen LogP contribution in [0.4, 0.5) is 0 Å². The van der Waals surface area contributed by atoms with E-state index in [2.05, 4.69) is 0 Å². The highest BCUT2D eigenvalue weighted by atomic mass is 35.5. The Kier molecular flexibility index (Phi) is 3.92. The molecule has 0 saturated carbocycles. The number of hydrogen-bond donors (Lipinski definition) is 1. The molecule has 0 aromatic heterocycles. The molecule has 0 aliphatic carbocycles. The highest BCUT2D eigenvalue weighted by Crippen LogP contribution is 2.10. The average Bonchev–Trinajstić information content (AvgIpc) is 2.20. The Bertz CT molecular complexity index is 310. The number of carbonyl (C=O) groups excluding carboxylic acids is 1. The summed E-state index contributed by atoms with van der Waals surface area (Å²) in [5, 5.41) is 9.29. The van der Waals surface area contributed by atoms with Gasteiger partial charge in [-0.1, -0.05) is 23.7 Å². The molecular weight excluding hydrogens is 202 g/mol. The zero-order valence-corrected chi connectivity index (χ0v) is 8.66. The van der Waals surface area contributed by atoms with Crippen LogP contribution in [-0.2, 0) is 11.3 Å². The minimum absolute atomic E-state index is 0.292. The Balaban J connectivity index is 2.60. The molecule has 0 aliphatic heterocycles. The van der Waals surface area contributed by atoms with E-state index in [9.17, 15) is 4.79 Å². The van der Waals surface area contributed by atoms with Gasteiger partial charge in [0.2, 0.25) is 5.91 Å². The minimum atomic E-state index is -0.454. The fourth-order valence-corrected chi connectivity index (χ4v) is 1.20. The highest BCUT2D eigenvalue weighted by Gasteiger charge is 2.06. The minimum Gasteiger partial charge on any atom is -0.387 e. The largest absolute Gasteiger partial charge is 0.387 e. The van der Waals surface area contributed by atoms with Crippen LogP contribution < -0.4 is 0 Å². The van der Waals surface area contributed by atoms with Crippen LogP contribution in [0.2, 0.25) is 5.02 Å². The zero-order chi connectivity index (χ0) is 10.6. The number of likely N-dealkylation sites (N-methyl/N-ethyl adjacent to an activating group) is 1. The number of halogens is 1. The summed E-state index contributed by atoms with van der Waals surface area (Å²) in [5.74, 6) is -0.292. The van der Waals surface area contributed by atoms with Crippen LogP contribution in [0.3, 0.4) is 0 Å². The van der Waals surface area contributed by atoms with Crippen molar-refractivity contribution >= 4 is 17.5 Å². The summed E-state index contributed by atoms with van der Waals surface area (Å²) in [6, 6.07) is 7.25. The number of carbonyl (C=O) groups is 1. The van der Waals surface area contributed by atoms with Crippen molar-refractivity contribution in [2.45, 2.75) is 6.54 Å². The SMILES string of the molecule is CN(Cc1ccc(Cl)cc1)C(=O)CO. The number of nitrogens with zero attached hydrogens (tertiary/aromatic N) is 1. The first kappa shape index (κ1) is 11.0. The first-order valence-corrected chi connectivity index (χ1v) is 4.60. The lowest BCUT2D eigenvalue weighted by Gasteiger charge is -2.15. The van der Waals surface area contributed by atoms with Gasteiger partial charge in [-0.25, -0.2) is 0 Å². The van der Waals surface area contributed by atoms with Crippen molar-refractivity contribution in [1.29, 1.82) is 0 Å². The maximum Gasteiger partial charge on any atom is 0.248 e. The van der Waals surface area contributed by atoms with Crippen LogP contribution in [0.15, 0.2) is 24.3 Å². The van der Waals surface area contributed by atoms with Gasteiger partial charge < -0.3 is 10.0 Å². The zero-order valence-electron chi connectivity index (χ0n) is 7.90. The van der Waals surface area contributed by atoms with Gasteiger partial charge in [-0.05, 0) is 17.7 Å². The molecule has 1 aromatic carbocycles. The van der Waals surface area contributed by atoms with Crippen LogP contribution in [0.5, 0.6) is 0 Å². The Morgan fingerprint density at radius 3 is 2.50 bits per heavy atom. The molecule has 1 rings (SSSR count). The van der Waals surface area contributed by atoms with Gasteiger partial charge >= 0.3 is 0 Å². The van der Waals surface area contributed by atoms with Gasteiger partial charge in [0.05, 0.1) is 0 Å². The van der Waals surface area contributed by atoms with E-state index in [1.807, 2.05) is 12.1 Å². The van der Waals surface area contributed by atoms with Crippen molar-refractivity contribution in [3.05, 3.63) is 34.9 Å². The third-order valence-corrected chi connectivity index (χ3v) is 2.15. The second-order valence-corrected chi connectivity index (χ2v) is 3.47. The Morgan fingerprint density at radius 1 is 1.43 bits per heavy atom. The van der Waals surface area contributed by atoms with Gasteiger partial charge in [-0.3, -0.25) is 4.79 Å². The molecule has 1 N–H and O–H groups in total. The van der Waals surface area contributed by atoms with Crippen molar-refractivity contribution < 1.29 is 9.90 Å². The summed E-state index contributed by atoms with van der Waals surface area (Å²) in [6.45, 7) is 0.0284. The third-order valence-electron chi connectivity index (χ3n) is 1.89. The molecule has 0 spiro atoms. The molecule has 0 bridgehead atoms. The Hall–Kier alpha value is -1.06. The number of aliphatic hydroxyl groups excluding tert-OH is 1. The number of aliphatic hydroxyl groups is 1. The lowest BCUT2D eigenvalue weighted by molar-refractivity contribution is -0.133. The van der Waals surface area contributed by atoms with Gasteiger partial charge in [-0.2, -0.15) is 0 Å². The Morgan fingerprint density at radius 2 is 2.00 bits per heavy atom. The summed E-state index contributed by atoms with van der Waals surface area (Å²) in [6.07, 6.45) is 0. The molecular formula is C10H12ClNO2. The summed E-state index contributed by atoms with van der Waals surface area (Å²) in [4.78, 5) is 12.5. The number of rotatable bonds is 3. The van der Waals surface area contributed by atoms with Crippen LogP contribution >= 0.6 is 11.6 Å². The fraction of sp³-hybridized carbons (Fsp3) is 0.300. The molecule has 0 saturated heterocycles. The van der Waals surface area contributed by atoms with E-state index >= 15 is 0 Å². The molecule has 0 radical (unpaired) electrons. The van der Waals surface area contributed by atoms with Crippen molar-refractivity contribution in [2.75, 3.05) is 13.7 Å². The molecule has 0 fully saturated rings. The predicted molar refractivity (Wildman–Crippen MR) is 55.0 cm³/mol. The van der Waals surface area contributed by atoms with Crippen LogP contribution in [-0.4, -0.2) is 29.6 Å². The quantitative estimate of drug-likeness (QED) is 0.822. The molecule has 14 heavy (non-hydrogen) atoms. The van der Waals surface area contributed by atoms with Crippen LogP contribution in [0.1, 0.15) is 5.56 Å². The number of benzene rings is 1. The number of amides is 1. The average molecular weight is 214 g/mol. The fourth-order valence-electron chi connectivity index (χ4n) is 1.07. The van der Waals surface area contributed by atoms with E-state index in [1.54, 1.807) is 19.2 Å². The first-order chi connectivity index (χ1) is 6.63. The molecule has 1 aromatic rings. The molecule has 4 heteroatoms. The predicted octanol–water partition coefficient (Wildman–Crippen LogP) is 1.29. The van der Waals surface area contributed by atoms with Crippen LogP contribution in [0.25, 0.3) is 0 Å². The monoisotopic (exact) mass is 213 g/mol. The van der Waals surface area contributed by atoms with Gasteiger partial charge in [0.15, 0.2) is 0 Å². The lowest BCUT2D eigenvalue weighted by atomic mass is 10.2. The van der Waals surface area contributed by atoms with E-state index in [0.29, 0.717) is 11.6 Å². The third kappa shape index (κ3) is 3.01. The number of hydrogen-bond acceptors (Lipinski definition) is 2. The first-order valence-electron chi connectivity index (χ1n) is 4.22. The summed E-state index contributed by atoms with van der Waals surface area (Å²) in [7, 11) is 1.65. The maximum absolute atomic E-state index is 11.0. The molecule has 0 aliphatic rings. The second-order valence-electron chi connectivity index (χ2n) is 3.03. The van der Waals surface area contributed by atoms with Crippen LogP contribution in [0, 0.1) is 0 Å². The van der Waals surface area contributed by atoms with Gasteiger partial charge in [-0.15, -0.1) is 0 Å². The normalized spacial score (nSPS) is 9.93. The molecule has 0 heterocycles. The van der Waals surface area contributed by atoms with E-state index in [4.69, 9.17) is 16.7 Å². The van der Waals surface area contributed by atoms with E-state index in [1.165, 1.54) is 4.90 Å². The molecule has 0 unspecified atom stereocenters. The molecule has 1 amide bonds. The van der Waals surface area contributed by atoms with E-state index < -0.39 is 6.61 Å². The van der Waals surface area contributed by atoms with Gasteiger partial charge in [0, 0.05) is 18.6 Å². The highest BCUT2D eigenvalue weighted by molar-refractivity contribution is 6.30. The molecule has 76 valence electrons. The van der Waals surface area contributed by atoms with E-state index in [-0.39, 0.29) is 5.91 Å². The van der Waals surface area contributed by atoms with Gasteiger partial charge in [0.25, 0.3) is 0 Å². The van der Waals surface area contributed by atoms with E-state index in [0.717, 1.165) is 5.56 Å². The summed E-state index contributed by atoms with van der Waals surface area (Å²) < 4.78 is 0. The molecule has 0 atom stereocenters. The maximum atomic E-state index is 11.0. The van der Waals surface area contributed by atoms with Gasteiger partial charge in [0.1, 0.15) is 6.61 Å². The standard InChI is InChI=1S/C10H12ClNO2/c1-12(10(14)7-13)6-8-2-4-9(11)5-3-8/h2-5,13H,6-7H2,1H3. The topological polar surface area (TPSA) is 40.5 Å². The molecule has 3 nitrogen and oxygen atoms in total. The Labute approximate surface area is 87.9 Å². The van der Waals surface area contributed by atoms with Crippen molar-refractivity contribution in [3.8, 4) is 0 Å². The summed E-state index contributed by atoms with van der Waals surface area (Å²) in [5.41, 5.74) is 0.985.